The second-order valence-electron chi connectivity index (χ2n) is 5.26. The molecule has 2 rings (SSSR count). The lowest BCUT2D eigenvalue weighted by atomic mass is 10.1. The largest absolute Gasteiger partial charge is 0.463 e. The summed E-state index contributed by atoms with van der Waals surface area (Å²) in [5, 5.41) is 3.14. The summed E-state index contributed by atoms with van der Waals surface area (Å²) in [6, 6.07) is 1.42. The summed E-state index contributed by atoms with van der Waals surface area (Å²) in [4.78, 5) is 25.7. The molecular weight excluding hydrogens is 272 g/mol. The molecule has 0 radical (unpaired) electrons. The van der Waals surface area contributed by atoms with Crippen LogP contribution in [0.15, 0.2) is 16.7 Å². The van der Waals surface area contributed by atoms with Crippen LogP contribution in [0.2, 0.25) is 0 Å². The van der Waals surface area contributed by atoms with Crippen molar-refractivity contribution in [2.75, 3.05) is 20.2 Å². The van der Waals surface area contributed by atoms with Crippen molar-refractivity contribution >= 4 is 11.9 Å². The van der Waals surface area contributed by atoms with Gasteiger partial charge in [-0.05, 0) is 32.3 Å². The molecule has 0 saturated carbocycles. The molecule has 1 atom stereocenters. The minimum Gasteiger partial charge on any atom is -0.463 e. The minimum atomic E-state index is -0.508. The number of methoxy groups -OCH3 is 1. The zero-order valence-corrected chi connectivity index (χ0v) is 12.6. The maximum Gasteiger partial charge on any atom is 0.374 e. The molecule has 6 nitrogen and oxygen atoms in total. The highest BCUT2D eigenvalue weighted by Crippen LogP contribution is 2.13. The summed E-state index contributed by atoms with van der Waals surface area (Å²) in [6.45, 7) is 3.91. The minimum absolute atomic E-state index is 0.109. The molecule has 0 aromatic carbocycles. The summed E-state index contributed by atoms with van der Waals surface area (Å²) in [5.41, 5.74) is 0.695. The average molecular weight is 294 g/mol. The van der Waals surface area contributed by atoms with Crippen LogP contribution < -0.4 is 5.32 Å². The number of likely N-dealkylation sites (tertiary alicyclic amines) is 1. The van der Waals surface area contributed by atoms with Gasteiger partial charge in [0.1, 0.15) is 0 Å². The second kappa shape index (κ2) is 7.26. The third-order valence-corrected chi connectivity index (χ3v) is 3.75. The molecule has 1 fully saturated rings. The van der Waals surface area contributed by atoms with E-state index < -0.39 is 5.97 Å². The van der Waals surface area contributed by atoms with Crippen LogP contribution in [0.1, 0.15) is 42.3 Å². The predicted molar refractivity (Wildman–Crippen MR) is 76.8 cm³/mol. The normalized spacial score (nSPS) is 16.6. The van der Waals surface area contributed by atoms with Crippen molar-refractivity contribution in [3.63, 3.8) is 0 Å². The summed E-state index contributed by atoms with van der Waals surface area (Å²) >= 11 is 0. The first-order valence-electron chi connectivity index (χ1n) is 7.30. The van der Waals surface area contributed by atoms with Crippen molar-refractivity contribution in [1.82, 2.24) is 10.2 Å². The van der Waals surface area contributed by atoms with Gasteiger partial charge in [-0.1, -0.05) is 0 Å². The third kappa shape index (κ3) is 3.85. The first-order chi connectivity index (χ1) is 10.1. The zero-order chi connectivity index (χ0) is 15.2. The number of furan rings is 1. The Bertz CT molecular complexity index is 492. The number of piperidine rings is 1. The van der Waals surface area contributed by atoms with E-state index in [2.05, 4.69) is 10.1 Å². The van der Waals surface area contributed by atoms with E-state index in [0.29, 0.717) is 12.1 Å². The number of carbonyl (C=O) groups is 2. The third-order valence-electron chi connectivity index (χ3n) is 3.75. The fourth-order valence-corrected chi connectivity index (χ4v) is 2.49. The monoisotopic (exact) mass is 294 g/mol. The Balaban J connectivity index is 1.88. The van der Waals surface area contributed by atoms with Crippen LogP contribution in [0, 0.1) is 0 Å². The van der Waals surface area contributed by atoms with Crippen molar-refractivity contribution in [3.8, 4) is 0 Å². The molecule has 1 aromatic heterocycles. The first-order valence-corrected chi connectivity index (χ1v) is 7.30. The number of hydrogen-bond donors (Lipinski definition) is 1. The van der Waals surface area contributed by atoms with Gasteiger partial charge < -0.3 is 19.4 Å². The number of hydrogen-bond acceptors (Lipinski definition) is 5. The molecule has 1 aliphatic heterocycles. The van der Waals surface area contributed by atoms with E-state index in [1.807, 2.05) is 11.8 Å². The van der Waals surface area contributed by atoms with E-state index in [4.69, 9.17) is 4.42 Å². The number of esters is 1. The molecule has 116 valence electrons. The maximum absolute atomic E-state index is 12.3. The maximum atomic E-state index is 12.3. The molecule has 0 aliphatic carbocycles. The standard InChI is InChI=1S/C15H22N2O4/c1-11(14(18)17-7-4-3-5-8-17)16-10-12-6-9-21-13(12)15(19)20-2/h6,9,11,16H,3-5,7-8,10H2,1-2H3. The second-order valence-corrected chi connectivity index (χ2v) is 5.26. The predicted octanol–water partition coefficient (Wildman–Crippen LogP) is 1.56. The molecule has 1 unspecified atom stereocenters. The van der Waals surface area contributed by atoms with E-state index in [0.717, 1.165) is 25.9 Å². The molecule has 2 heterocycles. The SMILES string of the molecule is COC(=O)c1occc1CNC(C)C(=O)N1CCCCC1. The van der Waals surface area contributed by atoms with E-state index in [1.54, 1.807) is 6.07 Å². The number of amides is 1. The molecule has 0 spiro atoms. The van der Waals surface area contributed by atoms with Crippen molar-refractivity contribution in [3.05, 3.63) is 23.7 Å². The number of carbonyl (C=O) groups excluding carboxylic acids is 2. The van der Waals surface area contributed by atoms with Gasteiger partial charge in [-0.25, -0.2) is 4.79 Å². The Hall–Kier alpha value is -1.82. The van der Waals surface area contributed by atoms with Crippen molar-refractivity contribution in [2.24, 2.45) is 0 Å². The van der Waals surface area contributed by atoms with Crippen LogP contribution >= 0.6 is 0 Å². The van der Waals surface area contributed by atoms with E-state index in [9.17, 15) is 9.59 Å². The molecule has 1 aliphatic rings. The molecule has 1 N–H and O–H groups in total. The van der Waals surface area contributed by atoms with Gasteiger partial charge in [0.2, 0.25) is 11.7 Å². The van der Waals surface area contributed by atoms with Gasteiger partial charge in [-0.3, -0.25) is 4.79 Å². The summed E-state index contributed by atoms with van der Waals surface area (Å²) in [5.74, 6) is -0.216. The number of ether oxygens (including phenoxy) is 1. The molecule has 1 saturated heterocycles. The Labute approximate surface area is 124 Å². The molecule has 21 heavy (non-hydrogen) atoms. The Morgan fingerprint density at radius 2 is 2.10 bits per heavy atom. The van der Waals surface area contributed by atoms with E-state index >= 15 is 0 Å². The van der Waals surface area contributed by atoms with Gasteiger partial charge in [-0.2, -0.15) is 0 Å². The van der Waals surface area contributed by atoms with Crippen LogP contribution in [-0.2, 0) is 16.1 Å². The van der Waals surface area contributed by atoms with Crippen molar-refractivity contribution < 1.29 is 18.7 Å². The van der Waals surface area contributed by atoms with Gasteiger partial charge in [0.15, 0.2) is 0 Å². The quantitative estimate of drug-likeness (QED) is 0.834. The van der Waals surface area contributed by atoms with Gasteiger partial charge in [0.05, 0.1) is 19.4 Å². The highest BCUT2D eigenvalue weighted by atomic mass is 16.5. The summed E-state index contributed by atoms with van der Waals surface area (Å²) in [7, 11) is 1.31. The van der Waals surface area contributed by atoms with Crippen LogP contribution in [0.4, 0.5) is 0 Å². The van der Waals surface area contributed by atoms with Gasteiger partial charge in [-0.15, -0.1) is 0 Å². The fourth-order valence-electron chi connectivity index (χ4n) is 2.49. The molecule has 1 amide bonds. The first kappa shape index (κ1) is 15.6. The highest BCUT2D eigenvalue weighted by molar-refractivity contribution is 5.87. The number of rotatable bonds is 5. The number of nitrogens with one attached hydrogen (secondary N) is 1. The smallest absolute Gasteiger partial charge is 0.374 e. The lowest BCUT2D eigenvalue weighted by Gasteiger charge is -2.29. The van der Waals surface area contributed by atoms with E-state index in [1.165, 1.54) is 19.8 Å². The van der Waals surface area contributed by atoms with Crippen molar-refractivity contribution in [1.29, 1.82) is 0 Å². The van der Waals surface area contributed by atoms with Crippen molar-refractivity contribution in [2.45, 2.75) is 38.8 Å². The van der Waals surface area contributed by atoms with Gasteiger partial charge >= 0.3 is 5.97 Å². The lowest BCUT2D eigenvalue weighted by Crippen LogP contribution is -2.46. The van der Waals surface area contributed by atoms with Crippen LogP contribution in [-0.4, -0.2) is 43.0 Å². The van der Waals surface area contributed by atoms with Crippen LogP contribution in [0.5, 0.6) is 0 Å². The molecular formula is C15H22N2O4. The van der Waals surface area contributed by atoms with Gasteiger partial charge in [0.25, 0.3) is 0 Å². The summed E-state index contributed by atoms with van der Waals surface area (Å²) in [6.07, 6.45) is 4.79. The zero-order valence-electron chi connectivity index (χ0n) is 12.6. The lowest BCUT2D eigenvalue weighted by molar-refractivity contribution is -0.133. The number of nitrogens with zero attached hydrogens (tertiary/aromatic N) is 1. The van der Waals surface area contributed by atoms with Crippen LogP contribution in [0.25, 0.3) is 0 Å². The van der Waals surface area contributed by atoms with Gasteiger partial charge in [0, 0.05) is 25.2 Å². The molecule has 1 aromatic rings. The Morgan fingerprint density at radius 3 is 2.76 bits per heavy atom. The Morgan fingerprint density at radius 1 is 1.38 bits per heavy atom. The molecule has 0 bridgehead atoms. The van der Waals surface area contributed by atoms with Crippen LogP contribution in [0.3, 0.4) is 0 Å². The topological polar surface area (TPSA) is 71.8 Å². The average Bonchev–Trinajstić information content (AvgIpc) is 3.00. The highest BCUT2D eigenvalue weighted by Gasteiger charge is 2.23. The fraction of sp³-hybridized carbons (Fsp3) is 0.600. The van der Waals surface area contributed by atoms with E-state index in [-0.39, 0.29) is 17.7 Å². The Kier molecular flexibility index (Phi) is 5.38. The summed E-state index contributed by atoms with van der Waals surface area (Å²) < 4.78 is 9.77. The molecule has 6 heteroatoms.